The molecule has 0 aliphatic carbocycles. The Labute approximate surface area is 79.8 Å². The average Bonchev–Trinajstić information content (AvgIpc) is 2.16. The van der Waals surface area contributed by atoms with Gasteiger partial charge in [0.05, 0.1) is 0 Å². The number of aryl methyl sites for hydroxylation is 1. The van der Waals surface area contributed by atoms with Crippen LogP contribution < -0.4 is 0 Å². The Morgan fingerprint density at radius 3 is 3.00 bits per heavy atom. The average molecular weight is 173 g/mol. The summed E-state index contributed by atoms with van der Waals surface area (Å²) in [6.45, 7) is 8.09. The van der Waals surface area contributed by atoms with Gasteiger partial charge in [0.25, 0.3) is 0 Å². The van der Waals surface area contributed by atoms with Gasteiger partial charge in [-0.2, -0.15) is 0 Å². The first kappa shape index (κ1) is 9.72. The van der Waals surface area contributed by atoms with Crippen molar-refractivity contribution in [1.29, 1.82) is 0 Å². The molecule has 0 amide bonds. The molecule has 0 spiro atoms. The molecular formula is C12H15N. The van der Waals surface area contributed by atoms with Crippen molar-refractivity contribution in [2.45, 2.75) is 20.3 Å². The van der Waals surface area contributed by atoms with Crippen molar-refractivity contribution in [3.05, 3.63) is 47.8 Å². The van der Waals surface area contributed by atoms with Gasteiger partial charge in [0, 0.05) is 12.4 Å². The molecule has 0 aromatic carbocycles. The normalized spacial score (nSPS) is 10.6. The molecule has 0 aliphatic heterocycles. The van der Waals surface area contributed by atoms with Gasteiger partial charge >= 0.3 is 0 Å². The minimum atomic E-state index is 0.996. The largest absolute Gasteiger partial charge is 0.264 e. The Morgan fingerprint density at radius 2 is 2.38 bits per heavy atom. The van der Waals surface area contributed by atoms with Crippen LogP contribution in [0.15, 0.2) is 36.7 Å². The van der Waals surface area contributed by atoms with Crippen molar-refractivity contribution < 1.29 is 0 Å². The predicted octanol–water partition coefficient (Wildman–Crippen LogP) is 3.37. The van der Waals surface area contributed by atoms with Crippen molar-refractivity contribution in [1.82, 2.24) is 4.98 Å². The summed E-state index contributed by atoms with van der Waals surface area (Å²) in [6.07, 6.45) is 8.78. The first-order valence-corrected chi connectivity index (χ1v) is 4.50. The summed E-state index contributed by atoms with van der Waals surface area (Å²) in [5.74, 6) is 0. The van der Waals surface area contributed by atoms with Crippen molar-refractivity contribution in [2.75, 3.05) is 0 Å². The molecule has 0 N–H and O–H groups in total. The SMILES string of the molecule is C=C(/C=C\c1cnccc1C)CC. The van der Waals surface area contributed by atoms with Crippen LogP contribution in [0.4, 0.5) is 0 Å². The summed E-state index contributed by atoms with van der Waals surface area (Å²) in [5, 5.41) is 0. The summed E-state index contributed by atoms with van der Waals surface area (Å²) in [5.41, 5.74) is 3.55. The van der Waals surface area contributed by atoms with E-state index >= 15 is 0 Å². The van der Waals surface area contributed by atoms with Crippen LogP contribution in [0.25, 0.3) is 6.08 Å². The molecule has 1 aromatic heterocycles. The third-order valence-corrected chi connectivity index (χ3v) is 2.03. The molecule has 0 fully saturated rings. The second-order valence-corrected chi connectivity index (χ2v) is 3.08. The molecule has 0 aliphatic rings. The first-order valence-electron chi connectivity index (χ1n) is 4.50. The molecule has 0 saturated carbocycles. The summed E-state index contributed by atoms with van der Waals surface area (Å²) < 4.78 is 0. The van der Waals surface area contributed by atoms with E-state index in [1.807, 2.05) is 18.3 Å². The van der Waals surface area contributed by atoms with Crippen LogP contribution in [0.3, 0.4) is 0 Å². The fraction of sp³-hybridized carbons (Fsp3) is 0.250. The van der Waals surface area contributed by atoms with Gasteiger partial charge in [0.2, 0.25) is 0 Å². The quantitative estimate of drug-likeness (QED) is 0.638. The molecule has 0 saturated heterocycles. The maximum absolute atomic E-state index is 4.07. The molecule has 13 heavy (non-hydrogen) atoms. The van der Waals surface area contributed by atoms with Crippen molar-refractivity contribution in [3.8, 4) is 0 Å². The lowest BCUT2D eigenvalue weighted by Gasteiger charge is -1.97. The van der Waals surface area contributed by atoms with Crippen LogP contribution in [0.5, 0.6) is 0 Å². The highest BCUT2D eigenvalue weighted by molar-refractivity contribution is 5.54. The third-order valence-electron chi connectivity index (χ3n) is 2.03. The van der Waals surface area contributed by atoms with Crippen LogP contribution in [0, 0.1) is 6.92 Å². The van der Waals surface area contributed by atoms with Crippen LogP contribution >= 0.6 is 0 Å². The molecule has 1 nitrogen and oxygen atoms in total. The zero-order valence-corrected chi connectivity index (χ0v) is 8.25. The highest BCUT2D eigenvalue weighted by atomic mass is 14.6. The molecule has 1 aromatic rings. The molecule has 0 unspecified atom stereocenters. The van der Waals surface area contributed by atoms with Crippen molar-refractivity contribution in [3.63, 3.8) is 0 Å². The van der Waals surface area contributed by atoms with E-state index in [2.05, 4.69) is 31.5 Å². The number of nitrogens with zero attached hydrogens (tertiary/aromatic N) is 1. The number of allylic oxidation sites excluding steroid dienone is 2. The Hall–Kier alpha value is -1.37. The van der Waals surface area contributed by atoms with E-state index in [9.17, 15) is 0 Å². The molecular weight excluding hydrogens is 158 g/mol. The van der Waals surface area contributed by atoms with E-state index in [-0.39, 0.29) is 0 Å². The van der Waals surface area contributed by atoms with Gasteiger partial charge in [-0.3, -0.25) is 4.98 Å². The second kappa shape index (κ2) is 4.61. The van der Waals surface area contributed by atoms with Gasteiger partial charge < -0.3 is 0 Å². The fourth-order valence-electron chi connectivity index (χ4n) is 0.976. The minimum Gasteiger partial charge on any atom is -0.264 e. The molecule has 1 heteroatoms. The highest BCUT2D eigenvalue weighted by Gasteiger charge is 1.91. The minimum absolute atomic E-state index is 0.996. The van der Waals surface area contributed by atoms with Gasteiger partial charge in [0.15, 0.2) is 0 Å². The summed E-state index contributed by atoms with van der Waals surface area (Å²) >= 11 is 0. The Balaban J connectivity index is 2.80. The lowest BCUT2D eigenvalue weighted by molar-refractivity contribution is 1.16. The van der Waals surface area contributed by atoms with Gasteiger partial charge in [0.1, 0.15) is 0 Å². The number of aromatic nitrogens is 1. The summed E-state index contributed by atoms with van der Waals surface area (Å²) in [7, 11) is 0. The molecule has 0 atom stereocenters. The van der Waals surface area contributed by atoms with E-state index in [1.165, 1.54) is 5.56 Å². The maximum Gasteiger partial charge on any atom is 0.0342 e. The molecule has 1 rings (SSSR count). The van der Waals surface area contributed by atoms with Gasteiger partial charge in [-0.1, -0.05) is 31.2 Å². The molecule has 0 bridgehead atoms. The topological polar surface area (TPSA) is 12.9 Å². The van der Waals surface area contributed by atoms with Gasteiger partial charge in [-0.15, -0.1) is 0 Å². The fourth-order valence-corrected chi connectivity index (χ4v) is 0.976. The Morgan fingerprint density at radius 1 is 1.62 bits per heavy atom. The lowest BCUT2D eigenvalue weighted by atomic mass is 10.1. The number of hydrogen-bond acceptors (Lipinski definition) is 1. The number of pyridine rings is 1. The first-order chi connectivity index (χ1) is 6.24. The van der Waals surface area contributed by atoms with Crippen molar-refractivity contribution >= 4 is 6.08 Å². The maximum atomic E-state index is 4.07. The third kappa shape index (κ3) is 2.86. The molecule has 1 heterocycles. The van der Waals surface area contributed by atoms with E-state index in [0.29, 0.717) is 0 Å². The zero-order chi connectivity index (χ0) is 9.68. The summed E-state index contributed by atoms with van der Waals surface area (Å²) in [4.78, 5) is 4.07. The van der Waals surface area contributed by atoms with Crippen LogP contribution in [0.1, 0.15) is 24.5 Å². The van der Waals surface area contributed by atoms with E-state index < -0.39 is 0 Å². The van der Waals surface area contributed by atoms with Gasteiger partial charge in [-0.05, 0) is 30.5 Å². The smallest absolute Gasteiger partial charge is 0.0342 e. The predicted molar refractivity (Wildman–Crippen MR) is 57.4 cm³/mol. The van der Waals surface area contributed by atoms with Crippen LogP contribution in [0.2, 0.25) is 0 Å². The van der Waals surface area contributed by atoms with Crippen molar-refractivity contribution in [2.24, 2.45) is 0 Å². The Bertz CT molecular complexity index is 324. The second-order valence-electron chi connectivity index (χ2n) is 3.08. The number of hydrogen-bond donors (Lipinski definition) is 0. The highest BCUT2D eigenvalue weighted by Crippen LogP contribution is 2.09. The molecule has 0 radical (unpaired) electrons. The van der Waals surface area contributed by atoms with E-state index in [1.54, 1.807) is 6.20 Å². The van der Waals surface area contributed by atoms with Crippen LogP contribution in [-0.2, 0) is 0 Å². The molecule has 68 valence electrons. The van der Waals surface area contributed by atoms with Crippen LogP contribution in [-0.4, -0.2) is 4.98 Å². The van der Waals surface area contributed by atoms with Gasteiger partial charge in [-0.25, -0.2) is 0 Å². The van der Waals surface area contributed by atoms with E-state index in [4.69, 9.17) is 0 Å². The summed E-state index contributed by atoms with van der Waals surface area (Å²) in [6, 6.07) is 2.01. The standard InChI is InChI=1S/C12H15N/c1-4-10(2)5-6-12-9-13-8-7-11(12)3/h5-9H,2,4H2,1,3H3/b6-5-. The zero-order valence-electron chi connectivity index (χ0n) is 8.25. The van der Waals surface area contributed by atoms with E-state index in [0.717, 1.165) is 17.6 Å². The Kier molecular flexibility index (Phi) is 3.44. The number of rotatable bonds is 3. The monoisotopic (exact) mass is 173 g/mol. The lowest BCUT2D eigenvalue weighted by Crippen LogP contribution is -1.81.